The molecule has 0 saturated carbocycles. The van der Waals surface area contributed by atoms with Crippen LogP contribution in [0.3, 0.4) is 0 Å². The van der Waals surface area contributed by atoms with Crippen molar-refractivity contribution in [1.29, 1.82) is 0 Å². The first-order valence-electron chi connectivity index (χ1n) is 9.17. The fourth-order valence-corrected chi connectivity index (χ4v) is 2.38. The van der Waals surface area contributed by atoms with E-state index in [1.165, 1.54) is 20.0 Å². The number of esters is 1. The molecule has 0 heterocycles. The van der Waals surface area contributed by atoms with Crippen LogP contribution in [0.1, 0.15) is 84.0 Å². The Bertz CT molecular complexity index is 402. The van der Waals surface area contributed by atoms with E-state index in [9.17, 15) is 14.9 Å². The number of hydrogen-bond donors (Lipinski definition) is 0. The van der Waals surface area contributed by atoms with Gasteiger partial charge in [-0.05, 0) is 38.2 Å². The van der Waals surface area contributed by atoms with Crippen molar-refractivity contribution in [3.8, 4) is 0 Å². The molecule has 0 saturated heterocycles. The molecule has 0 atom stereocenters. The fourth-order valence-electron chi connectivity index (χ4n) is 2.38. The lowest BCUT2D eigenvalue weighted by Gasteiger charge is -2.00. The molecule has 0 rings (SSSR count). The zero-order chi connectivity index (χ0) is 18.0. The molecule has 0 aromatic rings. The van der Waals surface area contributed by atoms with Crippen molar-refractivity contribution in [2.45, 2.75) is 84.0 Å². The van der Waals surface area contributed by atoms with Crippen molar-refractivity contribution in [2.75, 3.05) is 7.11 Å². The quantitative estimate of drug-likeness (QED) is 0.128. The molecule has 0 radical (unpaired) electrons. The smallest absolute Gasteiger partial charge is 0.305 e. The molecule has 0 fully saturated rings. The average molecular weight is 339 g/mol. The molecule has 0 N–H and O–H groups in total. The van der Waals surface area contributed by atoms with Gasteiger partial charge in [-0.2, -0.15) is 0 Å². The summed E-state index contributed by atoms with van der Waals surface area (Å²) in [7, 11) is 1.40. The predicted molar refractivity (Wildman–Crippen MR) is 97.3 cm³/mol. The zero-order valence-electron chi connectivity index (χ0n) is 15.3. The second kappa shape index (κ2) is 16.2. The maximum Gasteiger partial charge on any atom is 0.305 e. The maximum atomic E-state index is 11.0. The second-order valence-corrected chi connectivity index (χ2v) is 6.01. The third-order valence-corrected chi connectivity index (χ3v) is 3.90. The molecule has 138 valence electrons. The van der Waals surface area contributed by atoms with Gasteiger partial charge in [0.15, 0.2) is 0 Å². The van der Waals surface area contributed by atoms with E-state index < -0.39 is 0 Å². The minimum Gasteiger partial charge on any atom is -0.469 e. The summed E-state index contributed by atoms with van der Waals surface area (Å²) in [6.07, 6.45) is 16.8. The van der Waals surface area contributed by atoms with E-state index in [0.29, 0.717) is 18.5 Å². The van der Waals surface area contributed by atoms with Crippen LogP contribution in [0, 0.1) is 10.1 Å². The molecule has 24 heavy (non-hydrogen) atoms. The standard InChI is InChI=1S/C19H33NO4/c1-3-4-5-6-9-12-15-18(20(22)23)16-13-10-7-8-11-14-17-19(21)24-2/h9,12,16H,3-8,10-11,13-15,17H2,1-2H3/b12-9-,18-16-. The normalized spacial score (nSPS) is 11.8. The molecule has 5 heteroatoms. The third-order valence-electron chi connectivity index (χ3n) is 3.90. The third kappa shape index (κ3) is 14.0. The van der Waals surface area contributed by atoms with E-state index in [1.807, 2.05) is 12.2 Å². The van der Waals surface area contributed by atoms with Crippen molar-refractivity contribution in [1.82, 2.24) is 0 Å². The van der Waals surface area contributed by atoms with Crippen LogP contribution >= 0.6 is 0 Å². The Hall–Kier alpha value is -1.65. The first-order chi connectivity index (χ1) is 11.6. The van der Waals surface area contributed by atoms with Crippen molar-refractivity contribution >= 4 is 5.97 Å². The van der Waals surface area contributed by atoms with Gasteiger partial charge in [-0.1, -0.05) is 51.2 Å². The largest absolute Gasteiger partial charge is 0.469 e. The number of hydrogen-bond acceptors (Lipinski definition) is 4. The summed E-state index contributed by atoms with van der Waals surface area (Å²) in [4.78, 5) is 21.7. The van der Waals surface area contributed by atoms with Crippen LogP contribution < -0.4 is 0 Å². The summed E-state index contributed by atoms with van der Waals surface area (Å²) in [5.41, 5.74) is 0.299. The molecule has 0 aliphatic rings. The van der Waals surface area contributed by atoms with Crippen LogP contribution in [0.5, 0.6) is 0 Å². The van der Waals surface area contributed by atoms with Gasteiger partial charge in [0.2, 0.25) is 5.70 Å². The number of ether oxygens (including phenoxy) is 1. The molecule has 0 spiro atoms. The minimum absolute atomic E-state index is 0.156. The summed E-state index contributed by atoms with van der Waals surface area (Å²) >= 11 is 0. The summed E-state index contributed by atoms with van der Waals surface area (Å²) in [5, 5.41) is 11.0. The van der Waals surface area contributed by atoms with Crippen molar-refractivity contribution in [3.63, 3.8) is 0 Å². The van der Waals surface area contributed by atoms with Gasteiger partial charge >= 0.3 is 5.97 Å². The van der Waals surface area contributed by atoms with E-state index in [0.717, 1.165) is 51.4 Å². The van der Waals surface area contributed by atoms with E-state index in [1.54, 1.807) is 6.08 Å². The monoisotopic (exact) mass is 339 g/mol. The fraction of sp³-hybridized carbons (Fsp3) is 0.737. The molecule has 0 aliphatic heterocycles. The number of allylic oxidation sites excluding steroid dienone is 3. The highest BCUT2D eigenvalue weighted by molar-refractivity contribution is 5.68. The van der Waals surface area contributed by atoms with Gasteiger partial charge in [0, 0.05) is 6.42 Å². The van der Waals surface area contributed by atoms with Gasteiger partial charge in [-0.15, -0.1) is 0 Å². The number of carbonyl (C=O) groups excluding carboxylic acids is 1. The molecule has 0 amide bonds. The summed E-state index contributed by atoms with van der Waals surface area (Å²) in [6, 6.07) is 0. The van der Waals surface area contributed by atoms with Gasteiger partial charge in [-0.25, -0.2) is 0 Å². The van der Waals surface area contributed by atoms with Gasteiger partial charge in [0.1, 0.15) is 0 Å². The number of methoxy groups -OCH3 is 1. The van der Waals surface area contributed by atoms with Crippen LogP contribution in [0.25, 0.3) is 0 Å². The lowest BCUT2D eigenvalue weighted by atomic mass is 10.1. The minimum atomic E-state index is -0.271. The number of rotatable bonds is 15. The van der Waals surface area contributed by atoms with E-state index >= 15 is 0 Å². The summed E-state index contributed by atoms with van der Waals surface area (Å²) < 4.78 is 4.59. The molecule has 0 bridgehead atoms. The van der Waals surface area contributed by atoms with E-state index in [2.05, 4.69) is 11.7 Å². The van der Waals surface area contributed by atoms with Crippen LogP contribution in [-0.2, 0) is 9.53 Å². The first kappa shape index (κ1) is 22.4. The Morgan fingerprint density at radius 2 is 1.67 bits per heavy atom. The Labute approximate surface area is 146 Å². The van der Waals surface area contributed by atoms with Crippen LogP contribution in [0.2, 0.25) is 0 Å². The maximum absolute atomic E-state index is 11.0. The summed E-state index contributed by atoms with van der Waals surface area (Å²) in [6.45, 7) is 2.16. The summed E-state index contributed by atoms with van der Waals surface area (Å²) in [5.74, 6) is -0.156. The van der Waals surface area contributed by atoms with Crippen LogP contribution in [-0.4, -0.2) is 18.0 Å². The topological polar surface area (TPSA) is 69.4 Å². The van der Waals surface area contributed by atoms with Gasteiger partial charge in [0.25, 0.3) is 0 Å². The number of carbonyl (C=O) groups is 1. The number of nitrogens with zero attached hydrogens (tertiary/aromatic N) is 1. The lowest BCUT2D eigenvalue weighted by Crippen LogP contribution is -1.99. The Morgan fingerprint density at radius 3 is 2.33 bits per heavy atom. The predicted octanol–water partition coefficient (Wildman–Crippen LogP) is 5.58. The van der Waals surface area contributed by atoms with Crippen LogP contribution in [0.4, 0.5) is 0 Å². The van der Waals surface area contributed by atoms with Crippen molar-refractivity contribution in [2.24, 2.45) is 0 Å². The molecule has 0 unspecified atom stereocenters. The second-order valence-electron chi connectivity index (χ2n) is 6.01. The SMILES string of the molecule is CCCCC/C=C\C/C(=C/CCCCCCCC(=O)OC)[N+](=O)[O-]. The molecule has 5 nitrogen and oxygen atoms in total. The Kier molecular flexibility index (Phi) is 15.1. The zero-order valence-corrected chi connectivity index (χ0v) is 15.3. The van der Waals surface area contributed by atoms with Crippen molar-refractivity contribution in [3.05, 3.63) is 34.0 Å². The van der Waals surface area contributed by atoms with E-state index in [-0.39, 0.29) is 10.9 Å². The highest BCUT2D eigenvalue weighted by Gasteiger charge is 2.07. The highest BCUT2D eigenvalue weighted by Crippen LogP contribution is 2.11. The number of nitro groups is 1. The van der Waals surface area contributed by atoms with Gasteiger partial charge in [0.05, 0.1) is 18.5 Å². The average Bonchev–Trinajstić information content (AvgIpc) is 2.57. The molecule has 0 aliphatic carbocycles. The lowest BCUT2D eigenvalue weighted by molar-refractivity contribution is -0.427. The van der Waals surface area contributed by atoms with E-state index in [4.69, 9.17) is 0 Å². The Balaban J connectivity index is 3.80. The van der Waals surface area contributed by atoms with Crippen molar-refractivity contribution < 1.29 is 14.5 Å². The number of unbranched alkanes of at least 4 members (excludes halogenated alkanes) is 8. The molecular weight excluding hydrogens is 306 g/mol. The molecular formula is C19H33NO4. The Morgan fingerprint density at radius 1 is 1.00 bits per heavy atom. The molecule has 0 aromatic carbocycles. The van der Waals surface area contributed by atoms with Gasteiger partial charge < -0.3 is 4.74 Å². The molecule has 0 aromatic heterocycles. The first-order valence-corrected chi connectivity index (χ1v) is 9.17. The van der Waals surface area contributed by atoms with Crippen LogP contribution in [0.15, 0.2) is 23.9 Å². The highest BCUT2D eigenvalue weighted by atomic mass is 16.6. The van der Waals surface area contributed by atoms with Gasteiger partial charge in [-0.3, -0.25) is 14.9 Å².